The van der Waals surface area contributed by atoms with Gasteiger partial charge in [0.2, 0.25) is 5.56 Å². The van der Waals surface area contributed by atoms with E-state index in [1.54, 1.807) is 12.1 Å². The summed E-state index contributed by atoms with van der Waals surface area (Å²) in [7, 11) is 0. The number of carbonyl (C=O) groups excluding carboxylic acids is 2. The van der Waals surface area contributed by atoms with Crippen LogP contribution in [0.15, 0.2) is 102 Å². The SMILES string of the molecule is O=C(Nc1ccccc1-c1ccccc1)OC1CCN(CCN2Cc3cc(CNCC(O)c4ccc(O)c5[nH]c(=O)ccc45)ccc3C2=O)CC1. The first-order chi connectivity index (χ1) is 24.8. The van der Waals surface area contributed by atoms with Gasteiger partial charge in [0.15, 0.2) is 0 Å². The molecule has 7 rings (SSSR count). The van der Waals surface area contributed by atoms with E-state index in [1.807, 2.05) is 77.7 Å². The summed E-state index contributed by atoms with van der Waals surface area (Å²) in [5.74, 6) is -0.0194. The molecule has 1 fully saturated rings. The van der Waals surface area contributed by atoms with Crippen molar-refractivity contribution >= 4 is 28.6 Å². The van der Waals surface area contributed by atoms with E-state index in [0.717, 1.165) is 60.3 Å². The summed E-state index contributed by atoms with van der Waals surface area (Å²) in [5, 5.41) is 27.8. The molecule has 0 spiro atoms. The molecule has 262 valence electrons. The summed E-state index contributed by atoms with van der Waals surface area (Å²) in [6, 6.07) is 29.6. The third kappa shape index (κ3) is 7.81. The van der Waals surface area contributed by atoms with Crippen molar-refractivity contribution in [1.29, 1.82) is 0 Å². The number of carbonyl (C=O) groups is 2. The predicted molar refractivity (Wildman–Crippen MR) is 196 cm³/mol. The minimum absolute atomic E-state index is 0.0304. The maximum Gasteiger partial charge on any atom is 0.411 e. The van der Waals surface area contributed by atoms with E-state index >= 15 is 0 Å². The molecule has 0 radical (unpaired) electrons. The molecule has 2 aliphatic rings. The molecule has 11 heteroatoms. The summed E-state index contributed by atoms with van der Waals surface area (Å²) in [4.78, 5) is 44.5. The average molecular weight is 688 g/mol. The highest BCUT2D eigenvalue weighted by Crippen LogP contribution is 2.30. The van der Waals surface area contributed by atoms with E-state index in [2.05, 4.69) is 20.5 Å². The molecule has 3 heterocycles. The highest BCUT2D eigenvalue weighted by molar-refractivity contribution is 5.98. The van der Waals surface area contributed by atoms with Crippen molar-refractivity contribution in [3.05, 3.63) is 130 Å². The number of aromatic nitrogens is 1. The van der Waals surface area contributed by atoms with Crippen molar-refractivity contribution in [2.75, 3.05) is 38.0 Å². The van der Waals surface area contributed by atoms with Gasteiger partial charge in [0.25, 0.3) is 5.91 Å². The number of phenols is 1. The molecular formula is C40H41N5O6. The number of aromatic hydroxyl groups is 1. The normalized spacial score (nSPS) is 15.5. The van der Waals surface area contributed by atoms with Gasteiger partial charge in [-0.3, -0.25) is 14.9 Å². The molecule has 1 atom stereocenters. The molecular weight excluding hydrogens is 646 g/mol. The lowest BCUT2D eigenvalue weighted by molar-refractivity contribution is 0.0528. The number of anilines is 1. The second-order valence-electron chi connectivity index (χ2n) is 13.1. The molecule has 2 aliphatic heterocycles. The number of para-hydroxylation sites is 1. The fraction of sp³-hybridized carbons (Fsp3) is 0.275. The number of likely N-dealkylation sites (tertiary alicyclic amines) is 1. The summed E-state index contributed by atoms with van der Waals surface area (Å²) in [6.45, 7) is 4.24. The Kier molecular flexibility index (Phi) is 10.1. The number of piperidine rings is 1. The average Bonchev–Trinajstić information content (AvgIpc) is 3.46. The number of pyridine rings is 1. The first-order valence-corrected chi connectivity index (χ1v) is 17.3. The molecule has 1 unspecified atom stereocenters. The van der Waals surface area contributed by atoms with Crippen molar-refractivity contribution in [3.8, 4) is 16.9 Å². The summed E-state index contributed by atoms with van der Waals surface area (Å²) in [5.41, 5.74) is 5.95. The third-order valence-electron chi connectivity index (χ3n) is 9.72. The summed E-state index contributed by atoms with van der Waals surface area (Å²) in [6.07, 6.45) is -0.0125. The molecule has 1 saturated heterocycles. The van der Waals surface area contributed by atoms with Crippen LogP contribution in [0.25, 0.3) is 22.0 Å². The lowest BCUT2D eigenvalue weighted by Gasteiger charge is -2.32. The Hall–Kier alpha value is -5.49. The van der Waals surface area contributed by atoms with Gasteiger partial charge in [-0.25, -0.2) is 4.79 Å². The van der Waals surface area contributed by atoms with Crippen LogP contribution in [0.4, 0.5) is 10.5 Å². The molecule has 5 aromatic rings. The zero-order valence-electron chi connectivity index (χ0n) is 28.2. The maximum atomic E-state index is 13.2. The van der Waals surface area contributed by atoms with Crippen LogP contribution in [0.2, 0.25) is 0 Å². The van der Waals surface area contributed by atoms with Crippen LogP contribution in [0, 0.1) is 0 Å². The molecule has 5 N–H and O–H groups in total. The number of ether oxygens (including phenoxy) is 1. The van der Waals surface area contributed by atoms with Crippen molar-refractivity contribution < 1.29 is 24.5 Å². The number of nitrogens with zero attached hydrogens (tertiary/aromatic N) is 2. The number of hydrogen-bond acceptors (Lipinski definition) is 8. The van der Waals surface area contributed by atoms with E-state index < -0.39 is 12.2 Å². The maximum absolute atomic E-state index is 13.2. The zero-order valence-corrected chi connectivity index (χ0v) is 28.2. The Morgan fingerprint density at radius 2 is 1.69 bits per heavy atom. The fourth-order valence-corrected chi connectivity index (χ4v) is 7.00. The minimum Gasteiger partial charge on any atom is -0.506 e. The van der Waals surface area contributed by atoms with Crippen molar-refractivity contribution in [1.82, 2.24) is 20.1 Å². The fourth-order valence-electron chi connectivity index (χ4n) is 7.00. The first-order valence-electron chi connectivity index (χ1n) is 17.3. The number of aromatic amines is 1. The quantitative estimate of drug-likeness (QED) is 0.124. The molecule has 0 bridgehead atoms. The van der Waals surface area contributed by atoms with Gasteiger partial charge >= 0.3 is 6.09 Å². The molecule has 1 aromatic heterocycles. The molecule has 4 aromatic carbocycles. The number of aliphatic hydroxyl groups is 1. The highest BCUT2D eigenvalue weighted by Gasteiger charge is 2.29. The second-order valence-corrected chi connectivity index (χ2v) is 13.1. The second kappa shape index (κ2) is 15.2. The van der Waals surface area contributed by atoms with Crippen molar-refractivity contribution in [2.45, 2.75) is 38.1 Å². The van der Waals surface area contributed by atoms with E-state index in [1.165, 1.54) is 12.1 Å². The van der Waals surface area contributed by atoms with Gasteiger partial charge in [-0.15, -0.1) is 0 Å². The van der Waals surface area contributed by atoms with Gasteiger partial charge in [0.1, 0.15) is 11.9 Å². The lowest BCUT2D eigenvalue weighted by atomic mass is 10.0. The number of amides is 2. The monoisotopic (exact) mass is 687 g/mol. The zero-order chi connectivity index (χ0) is 35.3. The van der Waals surface area contributed by atoms with Crippen LogP contribution in [0.3, 0.4) is 0 Å². The molecule has 2 amide bonds. The van der Waals surface area contributed by atoms with Crippen molar-refractivity contribution in [2.24, 2.45) is 0 Å². The number of nitrogens with one attached hydrogen (secondary N) is 3. The number of fused-ring (bicyclic) bond motifs is 2. The molecule has 0 saturated carbocycles. The largest absolute Gasteiger partial charge is 0.506 e. The van der Waals surface area contributed by atoms with E-state index in [-0.39, 0.29) is 29.9 Å². The van der Waals surface area contributed by atoms with Crippen LogP contribution in [-0.2, 0) is 17.8 Å². The van der Waals surface area contributed by atoms with Crippen molar-refractivity contribution in [3.63, 3.8) is 0 Å². The topological polar surface area (TPSA) is 147 Å². The van der Waals surface area contributed by atoms with E-state index in [4.69, 9.17) is 4.74 Å². The Balaban J connectivity index is 0.851. The number of benzene rings is 4. The highest BCUT2D eigenvalue weighted by atomic mass is 16.6. The van der Waals surface area contributed by atoms with Gasteiger partial charge in [-0.05, 0) is 59.4 Å². The van der Waals surface area contributed by atoms with Crippen LogP contribution < -0.4 is 16.2 Å². The van der Waals surface area contributed by atoms with Gasteiger partial charge in [-0.1, -0.05) is 66.7 Å². The van der Waals surface area contributed by atoms with Gasteiger partial charge in [-0.2, -0.15) is 0 Å². The van der Waals surface area contributed by atoms with Crippen LogP contribution in [0.5, 0.6) is 5.75 Å². The Bertz CT molecular complexity index is 2090. The predicted octanol–water partition coefficient (Wildman–Crippen LogP) is 5.39. The standard InChI is InChI=1S/C40H41N5O6/c46-35-14-12-32(33-13-15-37(48)43-38(33)35)36(47)24-41-23-26-10-11-31-28(22-26)25-45(39(31)49)21-20-44-18-16-29(17-19-44)51-40(50)42-34-9-5-4-8-30(34)27-6-2-1-3-7-27/h1-15,22,29,36,41,46-47H,16-21,23-25H2,(H,42,50)(H,43,48). The molecule has 0 aliphatic carbocycles. The molecule has 51 heavy (non-hydrogen) atoms. The van der Waals surface area contributed by atoms with Crippen LogP contribution in [0.1, 0.15) is 46.0 Å². The van der Waals surface area contributed by atoms with Gasteiger partial charge < -0.3 is 35.1 Å². The number of aliphatic hydroxyl groups excluding tert-OH is 1. The van der Waals surface area contributed by atoms with Crippen LogP contribution in [-0.4, -0.2) is 75.8 Å². The lowest BCUT2D eigenvalue weighted by Crippen LogP contribution is -2.42. The number of phenolic OH excluding ortho intramolecular Hbond substituents is 1. The third-order valence-corrected chi connectivity index (χ3v) is 9.72. The smallest absolute Gasteiger partial charge is 0.411 e. The Morgan fingerprint density at radius 1 is 0.902 bits per heavy atom. The molecule has 11 nitrogen and oxygen atoms in total. The minimum atomic E-state index is -0.860. The number of hydrogen-bond donors (Lipinski definition) is 5. The van der Waals surface area contributed by atoms with Gasteiger partial charge in [0.05, 0.1) is 17.3 Å². The summed E-state index contributed by atoms with van der Waals surface area (Å²) >= 11 is 0. The van der Waals surface area contributed by atoms with Gasteiger partial charge in [0, 0.05) is 68.4 Å². The van der Waals surface area contributed by atoms with E-state index in [9.17, 15) is 24.6 Å². The number of rotatable bonds is 11. The first kappa shape index (κ1) is 34.0. The van der Waals surface area contributed by atoms with E-state index in [0.29, 0.717) is 41.8 Å². The Labute approximate surface area is 295 Å². The Morgan fingerprint density at radius 3 is 2.51 bits per heavy atom. The van der Waals surface area contributed by atoms with Crippen LogP contribution >= 0.6 is 0 Å². The number of H-pyrrole nitrogens is 1. The summed E-state index contributed by atoms with van der Waals surface area (Å²) < 4.78 is 5.79.